The molecule has 1 saturated heterocycles. The van der Waals surface area contributed by atoms with E-state index in [2.05, 4.69) is 22.3 Å². The molecule has 0 bridgehead atoms. The zero-order valence-corrected chi connectivity index (χ0v) is 9.10. The smallest absolute Gasteiger partial charge is 0.322 e. The minimum atomic E-state index is -0.766. The lowest BCUT2D eigenvalue weighted by atomic mass is 10.1. The highest BCUT2D eigenvalue weighted by Gasteiger charge is 2.24. The van der Waals surface area contributed by atoms with Gasteiger partial charge in [0.2, 0.25) is 0 Å². The predicted molar refractivity (Wildman–Crippen MR) is 61.1 cm³/mol. The molecule has 4 nitrogen and oxygen atoms in total. The molecule has 0 aliphatic carbocycles. The molecular weight excluding hydrogens is 204 g/mol. The Bertz CT molecular complexity index is 353. The number of hydrogen-bond acceptors (Lipinski definition) is 3. The van der Waals surface area contributed by atoms with E-state index in [4.69, 9.17) is 5.11 Å². The van der Waals surface area contributed by atoms with E-state index in [0.29, 0.717) is 6.54 Å². The molecule has 86 valence electrons. The molecule has 2 rings (SSSR count). The molecule has 1 aromatic carbocycles. The van der Waals surface area contributed by atoms with E-state index >= 15 is 0 Å². The highest BCUT2D eigenvalue weighted by atomic mass is 16.4. The molecule has 0 unspecified atom stereocenters. The van der Waals surface area contributed by atoms with Crippen molar-refractivity contribution in [2.75, 3.05) is 19.6 Å². The summed E-state index contributed by atoms with van der Waals surface area (Å²) in [5.41, 5.74) is 1.23. The first kappa shape index (κ1) is 11.1. The number of benzene rings is 1. The lowest BCUT2D eigenvalue weighted by Crippen LogP contribution is -2.53. The van der Waals surface area contributed by atoms with Gasteiger partial charge in [-0.2, -0.15) is 0 Å². The highest BCUT2D eigenvalue weighted by molar-refractivity contribution is 5.73. The Morgan fingerprint density at radius 1 is 1.44 bits per heavy atom. The molecule has 0 radical (unpaired) electrons. The normalized spacial score (nSPS) is 21.9. The van der Waals surface area contributed by atoms with Crippen LogP contribution in [0.2, 0.25) is 0 Å². The molecule has 1 heterocycles. The molecule has 0 amide bonds. The van der Waals surface area contributed by atoms with E-state index in [-0.39, 0.29) is 0 Å². The lowest BCUT2D eigenvalue weighted by molar-refractivity contribution is -0.140. The van der Waals surface area contributed by atoms with Gasteiger partial charge in [-0.15, -0.1) is 0 Å². The standard InChI is InChI=1S/C12H16N2O2/c15-12(16)11-9-14(7-6-13-11)8-10-4-2-1-3-5-10/h1-5,11,13H,6-9H2,(H,15,16)/t11-/m1/s1. The number of hydrogen-bond donors (Lipinski definition) is 2. The van der Waals surface area contributed by atoms with Gasteiger partial charge < -0.3 is 10.4 Å². The van der Waals surface area contributed by atoms with E-state index in [1.807, 2.05) is 18.2 Å². The van der Waals surface area contributed by atoms with E-state index < -0.39 is 12.0 Å². The minimum absolute atomic E-state index is 0.433. The first-order valence-electron chi connectivity index (χ1n) is 5.48. The van der Waals surface area contributed by atoms with Crippen molar-refractivity contribution in [3.05, 3.63) is 35.9 Å². The Morgan fingerprint density at radius 2 is 2.19 bits per heavy atom. The van der Waals surface area contributed by atoms with Gasteiger partial charge in [0.25, 0.3) is 0 Å². The molecule has 1 aliphatic rings. The highest BCUT2D eigenvalue weighted by Crippen LogP contribution is 2.07. The van der Waals surface area contributed by atoms with Crippen LogP contribution in [0.15, 0.2) is 30.3 Å². The van der Waals surface area contributed by atoms with E-state index in [1.165, 1.54) is 5.56 Å². The van der Waals surface area contributed by atoms with Gasteiger partial charge in [-0.3, -0.25) is 9.69 Å². The van der Waals surface area contributed by atoms with Gasteiger partial charge in [0, 0.05) is 26.2 Å². The minimum Gasteiger partial charge on any atom is -0.480 e. The fraction of sp³-hybridized carbons (Fsp3) is 0.417. The molecule has 0 spiro atoms. The van der Waals surface area contributed by atoms with Gasteiger partial charge in [-0.1, -0.05) is 30.3 Å². The van der Waals surface area contributed by atoms with E-state index in [0.717, 1.165) is 19.6 Å². The molecule has 4 heteroatoms. The Morgan fingerprint density at radius 3 is 2.88 bits per heavy atom. The molecule has 1 aromatic rings. The van der Waals surface area contributed by atoms with Crippen LogP contribution in [-0.2, 0) is 11.3 Å². The molecule has 0 saturated carbocycles. The van der Waals surface area contributed by atoms with Crippen molar-refractivity contribution in [3.8, 4) is 0 Å². The summed E-state index contributed by atoms with van der Waals surface area (Å²) in [5.74, 6) is -0.766. The largest absolute Gasteiger partial charge is 0.480 e. The monoisotopic (exact) mass is 220 g/mol. The zero-order chi connectivity index (χ0) is 11.4. The molecular formula is C12H16N2O2. The molecule has 16 heavy (non-hydrogen) atoms. The lowest BCUT2D eigenvalue weighted by Gasteiger charge is -2.31. The topological polar surface area (TPSA) is 52.6 Å². The van der Waals surface area contributed by atoms with Crippen LogP contribution in [-0.4, -0.2) is 41.7 Å². The summed E-state index contributed by atoms with van der Waals surface area (Å²) >= 11 is 0. The van der Waals surface area contributed by atoms with E-state index in [9.17, 15) is 4.79 Å². The number of nitrogens with one attached hydrogen (secondary N) is 1. The molecule has 1 fully saturated rings. The van der Waals surface area contributed by atoms with Crippen LogP contribution in [0.4, 0.5) is 0 Å². The number of rotatable bonds is 3. The number of carboxylic acid groups (broad SMARTS) is 1. The molecule has 2 N–H and O–H groups in total. The summed E-state index contributed by atoms with van der Waals surface area (Å²) in [6.07, 6.45) is 0. The number of carbonyl (C=O) groups is 1. The summed E-state index contributed by atoms with van der Waals surface area (Å²) < 4.78 is 0. The maximum Gasteiger partial charge on any atom is 0.322 e. The molecule has 1 aliphatic heterocycles. The third kappa shape index (κ3) is 2.81. The van der Waals surface area contributed by atoms with Gasteiger partial charge in [0.1, 0.15) is 6.04 Å². The fourth-order valence-electron chi connectivity index (χ4n) is 1.96. The van der Waals surface area contributed by atoms with Crippen LogP contribution < -0.4 is 5.32 Å². The Kier molecular flexibility index (Phi) is 3.54. The molecule has 0 aromatic heterocycles. The van der Waals surface area contributed by atoms with Crippen LogP contribution >= 0.6 is 0 Å². The second-order valence-electron chi connectivity index (χ2n) is 4.07. The SMILES string of the molecule is O=C(O)[C@H]1CN(Cc2ccccc2)CCN1. The maximum absolute atomic E-state index is 10.9. The van der Waals surface area contributed by atoms with E-state index in [1.54, 1.807) is 0 Å². The van der Waals surface area contributed by atoms with Gasteiger partial charge in [-0.05, 0) is 5.56 Å². The van der Waals surface area contributed by atoms with Crippen molar-refractivity contribution < 1.29 is 9.90 Å². The third-order valence-corrected chi connectivity index (χ3v) is 2.81. The Labute approximate surface area is 94.9 Å². The quantitative estimate of drug-likeness (QED) is 0.781. The second kappa shape index (κ2) is 5.09. The molecule has 1 atom stereocenters. The number of nitrogens with zero attached hydrogens (tertiary/aromatic N) is 1. The first-order valence-corrected chi connectivity index (χ1v) is 5.48. The fourth-order valence-corrected chi connectivity index (χ4v) is 1.96. The van der Waals surface area contributed by atoms with Crippen molar-refractivity contribution in [2.45, 2.75) is 12.6 Å². The van der Waals surface area contributed by atoms with Crippen LogP contribution in [0.1, 0.15) is 5.56 Å². The van der Waals surface area contributed by atoms with Gasteiger partial charge in [0.15, 0.2) is 0 Å². The summed E-state index contributed by atoms with van der Waals surface area (Å²) in [4.78, 5) is 13.0. The van der Waals surface area contributed by atoms with Gasteiger partial charge in [0.05, 0.1) is 0 Å². The number of aliphatic carboxylic acids is 1. The van der Waals surface area contributed by atoms with Crippen molar-refractivity contribution in [1.82, 2.24) is 10.2 Å². The van der Waals surface area contributed by atoms with Crippen molar-refractivity contribution in [3.63, 3.8) is 0 Å². The number of piperazine rings is 1. The van der Waals surface area contributed by atoms with Crippen molar-refractivity contribution in [2.24, 2.45) is 0 Å². The van der Waals surface area contributed by atoms with Gasteiger partial charge in [-0.25, -0.2) is 0 Å². The average molecular weight is 220 g/mol. The van der Waals surface area contributed by atoms with Gasteiger partial charge >= 0.3 is 5.97 Å². The third-order valence-electron chi connectivity index (χ3n) is 2.81. The Hall–Kier alpha value is -1.39. The average Bonchev–Trinajstić information content (AvgIpc) is 2.30. The number of carboxylic acids is 1. The Balaban J connectivity index is 1.93. The zero-order valence-electron chi connectivity index (χ0n) is 9.10. The summed E-state index contributed by atoms with van der Waals surface area (Å²) in [5, 5.41) is 11.9. The summed E-state index contributed by atoms with van der Waals surface area (Å²) in [6.45, 7) is 3.04. The second-order valence-corrected chi connectivity index (χ2v) is 4.07. The first-order chi connectivity index (χ1) is 7.75. The van der Waals surface area contributed by atoms with Crippen LogP contribution in [0.25, 0.3) is 0 Å². The van der Waals surface area contributed by atoms with Crippen LogP contribution in [0.3, 0.4) is 0 Å². The summed E-state index contributed by atoms with van der Waals surface area (Å²) in [7, 11) is 0. The predicted octanol–water partition coefficient (Wildman–Crippen LogP) is 0.545. The van der Waals surface area contributed by atoms with Crippen LogP contribution in [0, 0.1) is 0 Å². The van der Waals surface area contributed by atoms with Crippen molar-refractivity contribution >= 4 is 5.97 Å². The maximum atomic E-state index is 10.9. The van der Waals surface area contributed by atoms with Crippen molar-refractivity contribution in [1.29, 1.82) is 0 Å². The van der Waals surface area contributed by atoms with Crippen LogP contribution in [0.5, 0.6) is 0 Å². The summed E-state index contributed by atoms with van der Waals surface area (Å²) in [6, 6.07) is 9.70.